The number of aromatic nitrogens is 2. The second-order valence-electron chi connectivity index (χ2n) is 8.06. The number of carbonyl (C=O) groups excluding carboxylic acids is 2. The van der Waals surface area contributed by atoms with Gasteiger partial charge in [-0.05, 0) is 52.0 Å². The number of thioether (sulfide) groups is 1. The molecular formula is C20H27N3O3S2. The van der Waals surface area contributed by atoms with Gasteiger partial charge in [-0.15, -0.1) is 11.3 Å². The zero-order valence-electron chi connectivity index (χ0n) is 16.9. The summed E-state index contributed by atoms with van der Waals surface area (Å²) >= 11 is 3.06. The molecule has 0 aliphatic heterocycles. The number of hydrogen-bond donors (Lipinski definition) is 1. The van der Waals surface area contributed by atoms with Crippen LogP contribution in [0.15, 0.2) is 9.95 Å². The van der Waals surface area contributed by atoms with Crippen molar-refractivity contribution in [2.24, 2.45) is 7.05 Å². The number of ketones is 1. The quantitative estimate of drug-likeness (QED) is 0.548. The standard InChI is InChI=1S/C20H27N3O3S2/c1-12(24)11-20(2,3)22-15(25)9-10-27-19-21-17-16(18(26)23(19)4)13-7-5-6-8-14(13)28-17/h5-11H2,1-4H3,(H,22,25). The largest absolute Gasteiger partial charge is 0.351 e. The minimum Gasteiger partial charge on any atom is -0.351 e. The van der Waals surface area contributed by atoms with Crippen molar-refractivity contribution in [3.8, 4) is 0 Å². The van der Waals surface area contributed by atoms with Crippen molar-refractivity contribution in [1.29, 1.82) is 0 Å². The molecule has 0 saturated carbocycles. The molecule has 0 bridgehead atoms. The van der Waals surface area contributed by atoms with Gasteiger partial charge in [0.05, 0.1) is 5.39 Å². The minimum absolute atomic E-state index is 0.0129. The number of hydrogen-bond acceptors (Lipinski definition) is 6. The zero-order valence-corrected chi connectivity index (χ0v) is 18.5. The average molecular weight is 422 g/mol. The van der Waals surface area contributed by atoms with Crippen LogP contribution in [0.2, 0.25) is 0 Å². The Balaban J connectivity index is 1.68. The molecule has 0 unspecified atom stereocenters. The van der Waals surface area contributed by atoms with Crippen LogP contribution in [0.1, 0.15) is 56.9 Å². The first-order chi connectivity index (χ1) is 13.2. The third-order valence-electron chi connectivity index (χ3n) is 4.88. The van der Waals surface area contributed by atoms with Crippen molar-refractivity contribution >= 4 is 45.0 Å². The van der Waals surface area contributed by atoms with E-state index in [-0.39, 0.29) is 17.2 Å². The maximum atomic E-state index is 12.9. The number of aryl methyl sites for hydroxylation is 2. The molecule has 1 amide bonds. The first-order valence-electron chi connectivity index (χ1n) is 9.62. The van der Waals surface area contributed by atoms with E-state index in [1.54, 1.807) is 23.0 Å². The van der Waals surface area contributed by atoms with Crippen molar-refractivity contribution in [2.45, 2.75) is 70.0 Å². The number of carbonyl (C=O) groups is 2. The highest BCUT2D eigenvalue weighted by Crippen LogP contribution is 2.34. The molecule has 3 rings (SSSR count). The zero-order chi connectivity index (χ0) is 20.5. The van der Waals surface area contributed by atoms with Gasteiger partial charge in [-0.2, -0.15) is 0 Å². The summed E-state index contributed by atoms with van der Waals surface area (Å²) in [6, 6.07) is 0. The van der Waals surface area contributed by atoms with Gasteiger partial charge in [0.1, 0.15) is 10.6 Å². The van der Waals surface area contributed by atoms with Gasteiger partial charge in [-0.3, -0.25) is 19.0 Å². The fourth-order valence-electron chi connectivity index (χ4n) is 3.74. The van der Waals surface area contributed by atoms with Gasteiger partial charge in [-0.25, -0.2) is 4.98 Å². The monoisotopic (exact) mass is 421 g/mol. The number of nitrogens with one attached hydrogen (secondary N) is 1. The van der Waals surface area contributed by atoms with E-state index in [1.165, 1.54) is 35.5 Å². The molecule has 152 valence electrons. The van der Waals surface area contributed by atoms with Crippen LogP contribution >= 0.6 is 23.1 Å². The lowest BCUT2D eigenvalue weighted by atomic mass is 9.97. The Bertz CT molecular complexity index is 975. The van der Waals surface area contributed by atoms with Crippen molar-refractivity contribution < 1.29 is 9.59 Å². The Morgan fingerprint density at radius 2 is 2.00 bits per heavy atom. The van der Waals surface area contributed by atoms with Crippen molar-refractivity contribution in [3.05, 3.63) is 20.8 Å². The Labute approximate surface area is 173 Å². The molecule has 28 heavy (non-hydrogen) atoms. The maximum absolute atomic E-state index is 12.9. The summed E-state index contributed by atoms with van der Waals surface area (Å²) in [7, 11) is 1.75. The summed E-state index contributed by atoms with van der Waals surface area (Å²) in [5.74, 6) is 0.473. The van der Waals surface area contributed by atoms with Crippen LogP contribution in [0.3, 0.4) is 0 Å². The Morgan fingerprint density at radius 1 is 1.29 bits per heavy atom. The summed E-state index contributed by atoms with van der Waals surface area (Å²) in [6.07, 6.45) is 4.93. The molecule has 0 atom stereocenters. The SMILES string of the molecule is CC(=O)CC(C)(C)NC(=O)CCSc1nc2sc3c(c2c(=O)n1C)CCCC3. The topological polar surface area (TPSA) is 81.1 Å². The number of Topliss-reactive ketones (excluding diaryl/α,β-unsaturated/α-hetero) is 1. The summed E-state index contributed by atoms with van der Waals surface area (Å²) in [6.45, 7) is 5.21. The van der Waals surface area contributed by atoms with Gasteiger partial charge in [0.25, 0.3) is 5.56 Å². The predicted molar refractivity (Wildman–Crippen MR) is 114 cm³/mol. The smallest absolute Gasteiger partial charge is 0.262 e. The van der Waals surface area contributed by atoms with E-state index in [9.17, 15) is 14.4 Å². The molecule has 0 fully saturated rings. The fourth-order valence-corrected chi connectivity index (χ4v) is 5.95. The molecule has 2 aromatic heterocycles. The van der Waals surface area contributed by atoms with E-state index < -0.39 is 5.54 Å². The first kappa shape index (κ1) is 21.0. The maximum Gasteiger partial charge on any atom is 0.262 e. The van der Waals surface area contributed by atoms with Crippen LogP contribution < -0.4 is 10.9 Å². The van der Waals surface area contributed by atoms with Gasteiger partial charge in [0.2, 0.25) is 5.91 Å². The lowest BCUT2D eigenvalue weighted by molar-refractivity contribution is -0.123. The second kappa shape index (κ2) is 8.37. The first-order valence-corrected chi connectivity index (χ1v) is 11.4. The molecule has 0 radical (unpaired) electrons. The number of thiophene rings is 1. The Hall–Kier alpha value is -1.67. The van der Waals surface area contributed by atoms with E-state index >= 15 is 0 Å². The third-order valence-corrected chi connectivity index (χ3v) is 7.10. The highest BCUT2D eigenvalue weighted by molar-refractivity contribution is 7.99. The molecule has 1 aliphatic carbocycles. The minimum atomic E-state index is -0.548. The predicted octanol–water partition coefficient (Wildman–Crippen LogP) is 3.23. The molecule has 6 nitrogen and oxygen atoms in total. The van der Waals surface area contributed by atoms with Gasteiger partial charge < -0.3 is 5.32 Å². The molecule has 8 heteroatoms. The fraction of sp³-hybridized carbons (Fsp3) is 0.600. The molecule has 0 spiro atoms. The molecule has 0 aromatic carbocycles. The number of nitrogens with zero attached hydrogens (tertiary/aromatic N) is 2. The van der Waals surface area contributed by atoms with Crippen LogP contribution in [0.5, 0.6) is 0 Å². The Kier molecular flexibility index (Phi) is 6.29. The van der Waals surface area contributed by atoms with Crippen molar-refractivity contribution in [1.82, 2.24) is 14.9 Å². The van der Waals surface area contributed by atoms with E-state index in [1.807, 2.05) is 13.8 Å². The molecule has 1 aliphatic rings. The van der Waals surface area contributed by atoms with E-state index in [4.69, 9.17) is 4.98 Å². The number of rotatable bonds is 7. The summed E-state index contributed by atoms with van der Waals surface area (Å²) in [5.41, 5.74) is 0.662. The van der Waals surface area contributed by atoms with Gasteiger partial charge >= 0.3 is 0 Å². The van der Waals surface area contributed by atoms with Crippen LogP contribution in [0.4, 0.5) is 0 Å². The summed E-state index contributed by atoms with van der Waals surface area (Å²) in [5, 5.41) is 4.34. The van der Waals surface area contributed by atoms with Crippen LogP contribution in [-0.4, -0.2) is 32.5 Å². The van der Waals surface area contributed by atoms with Gasteiger partial charge in [0.15, 0.2) is 5.16 Å². The van der Waals surface area contributed by atoms with E-state index in [0.717, 1.165) is 29.5 Å². The average Bonchev–Trinajstić information content (AvgIpc) is 2.95. The van der Waals surface area contributed by atoms with Crippen LogP contribution in [0, 0.1) is 0 Å². The highest BCUT2D eigenvalue weighted by atomic mass is 32.2. The highest BCUT2D eigenvalue weighted by Gasteiger charge is 2.23. The van der Waals surface area contributed by atoms with Crippen molar-refractivity contribution in [3.63, 3.8) is 0 Å². The molecule has 1 N–H and O–H groups in total. The van der Waals surface area contributed by atoms with Gasteiger partial charge in [-0.1, -0.05) is 11.8 Å². The number of amides is 1. The summed E-state index contributed by atoms with van der Waals surface area (Å²) in [4.78, 5) is 43.2. The van der Waals surface area contributed by atoms with Crippen LogP contribution in [0.25, 0.3) is 10.2 Å². The normalized spacial score (nSPS) is 14.1. The van der Waals surface area contributed by atoms with E-state index in [0.29, 0.717) is 23.8 Å². The molecule has 2 heterocycles. The third kappa shape index (κ3) is 4.66. The molecular weight excluding hydrogens is 394 g/mol. The van der Waals surface area contributed by atoms with Crippen molar-refractivity contribution in [2.75, 3.05) is 5.75 Å². The second-order valence-corrected chi connectivity index (χ2v) is 10.2. The van der Waals surface area contributed by atoms with E-state index in [2.05, 4.69) is 5.32 Å². The van der Waals surface area contributed by atoms with Gasteiger partial charge in [0, 0.05) is 36.1 Å². The molecule has 0 saturated heterocycles. The molecule has 2 aromatic rings. The Morgan fingerprint density at radius 3 is 2.71 bits per heavy atom. The van der Waals surface area contributed by atoms with Crippen LogP contribution in [-0.2, 0) is 29.5 Å². The summed E-state index contributed by atoms with van der Waals surface area (Å²) < 4.78 is 1.60. The lowest BCUT2D eigenvalue weighted by Crippen LogP contribution is -2.44. The number of fused-ring (bicyclic) bond motifs is 3. The lowest BCUT2D eigenvalue weighted by Gasteiger charge is -2.25.